The molecular weight excluding hydrogens is 599 g/mol. The number of likely N-dealkylation sites (tertiary alicyclic amines) is 1. The molecule has 0 saturated carbocycles. The number of likely N-dealkylation sites (N-methyl/N-ethyl adjacent to an activating group) is 1. The Morgan fingerprint density at radius 1 is 1.09 bits per heavy atom. The fourth-order valence-corrected chi connectivity index (χ4v) is 6.17. The van der Waals surface area contributed by atoms with Crippen LogP contribution in [0.5, 0.6) is 0 Å². The number of carbonyl (C=O) groups excluding carboxylic acids is 4. The lowest BCUT2D eigenvalue weighted by atomic mass is 9.95. The molecule has 0 radical (unpaired) electrons. The Kier molecular flexibility index (Phi) is 8.52. The van der Waals surface area contributed by atoms with Gasteiger partial charge in [-0.3, -0.25) is 19.2 Å². The number of benzene rings is 2. The summed E-state index contributed by atoms with van der Waals surface area (Å²) in [6.07, 6.45) is 0.362. The first kappa shape index (κ1) is 30.2. The highest BCUT2D eigenvalue weighted by Gasteiger charge is 2.44. The quantitative estimate of drug-likeness (QED) is 0.313. The van der Waals surface area contributed by atoms with Crippen molar-refractivity contribution in [2.45, 2.75) is 50.4 Å². The molecule has 3 unspecified atom stereocenters. The number of nitrogens with zero attached hydrogens (tertiary/aromatic N) is 3. The predicted octanol–water partition coefficient (Wildman–Crippen LogP) is 3.21. The molecule has 3 heterocycles. The van der Waals surface area contributed by atoms with Crippen molar-refractivity contribution in [2.24, 2.45) is 5.73 Å². The largest absolute Gasteiger partial charge is 0.481 e. The van der Waals surface area contributed by atoms with E-state index in [0.717, 1.165) is 27.1 Å². The highest BCUT2D eigenvalue weighted by Crippen LogP contribution is 2.33. The molecule has 0 bridgehead atoms. The van der Waals surface area contributed by atoms with Gasteiger partial charge in [0.25, 0.3) is 0 Å². The molecule has 14 heteroatoms. The lowest BCUT2D eigenvalue weighted by Crippen LogP contribution is -2.58. The van der Waals surface area contributed by atoms with E-state index >= 15 is 0 Å². The van der Waals surface area contributed by atoms with E-state index in [1.165, 1.54) is 22.9 Å². The minimum atomic E-state index is -1.38. The molecule has 5 N–H and O–H groups in total. The summed E-state index contributed by atoms with van der Waals surface area (Å²) in [5.41, 5.74) is 8.36. The molecular formula is C29H30Cl2N6O6. The van der Waals surface area contributed by atoms with Gasteiger partial charge in [-0.1, -0.05) is 41.4 Å². The van der Waals surface area contributed by atoms with Crippen LogP contribution < -0.4 is 11.1 Å². The number of amides is 5. The first-order valence-corrected chi connectivity index (χ1v) is 14.4. The van der Waals surface area contributed by atoms with Gasteiger partial charge < -0.3 is 35.8 Å². The summed E-state index contributed by atoms with van der Waals surface area (Å²) in [6.45, 7) is 0.352. The monoisotopic (exact) mass is 628 g/mol. The molecule has 12 nitrogen and oxygen atoms in total. The number of nitrogens with one attached hydrogen (secondary N) is 2. The zero-order chi connectivity index (χ0) is 31.0. The van der Waals surface area contributed by atoms with Crippen LogP contribution in [0.4, 0.5) is 10.5 Å². The molecule has 226 valence electrons. The maximum Gasteiger partial charge on any atom is 0.322 e. The minimum Gasteiger partial charge on any atom is -0.481 e. The molecule has 2 aliphatic rings. The number of para-hydroxylation sites is 1. The van der Waals surface area contributed by atoms with E-state index in [4.69, 9.17) is 28.9 Å². The van der Waals surface area contributed by atoms with Crippen molar-refractivity contribution in [1.82, 2.24) is 19.7 Å². The number of halogens is 2. The molecule has 5 amide bonds. The van der Waals surface area contributed by atoms with Gasteiger partial charge in [-0.2, -0.15) is 0 Å². The zero-order valence-corrected chi connectivity index (χ0v) is 24.7. The van der Waals surface area contributed by atoms with Crippen LogP contribution in [0.1, 0.15) is 30.5 Å². The number of nitrogens with two attached hydrogens (primary N) is 1. The highest BCUT2D eigenvalue weighted by molar-refractivity contribution is 6.42. The summed E-state index contributed by atoms with van der Waals surface area (Å²) < 4.78 is 0. The van der Waals surface area contributed by atoms with Crippen molar-refractivity contribution in [2.75, 3.05) is 18.9 Å². The Hall–Kier alpha value is -4.29. The molecule has 3 atom stereocenters. The second kappa shape index (κ2) is 12.1. The van der Waals surface area contributed by atoms with Gasteiger partial charge in [0.05, 0.1) is 23.0 Å². The number of aromatic amines is 1. The number of carboxylic acid groups (broad SMARTS) is 1. The number of hydrogen-bond donors (Lipinski definition) is 4. The summed E-state index contributed by atoms with van der Waals surface area (Å²) in [4.78, 5) is 71.9. The van der Waals surface area contributed by atoms with Crippen LogP contribution in [0.3, 0.4) is 0 Å². The van der Waals surface area contributed by atoms with E-state index in [0.29, 0.717) is 23.6 Å². The number of fused-ring (bicyclic) bond motifs is 3. The molecule has 2 aromatic carbocycles. The first-order chi connectivity index (χ1) is 20.5. The fraction of sp³-hybridized carbons (Fsp3) is 0.345. The van der Waals surface area contributed by atoms with E-state index in [1.807, 2.05) is 24.3 Å². The number of aromatic nitrogens is 1. The summed E-state index contributed by atoms with van der Waals surface area (Å²) in [7, 11) is 1.30. The van der Waals surface area contributed by atoms with Crippen molar-refractivity contribution < 1.29 is 29.1 Å². The zero-order valence-electron chi connectivity index (χ0n) is 23.2. The first-order valence-electron chi connectivity index (χ1n) is 13.7. The number of carbonyl (C=O) groups is 5. The third kappa shape index (κ3) is 5.98. The number of rotatable bonds is 7. The molecule has 1 fully saturated rings. The number of carboxylic acids is 1. The molecule has 1 aromatic heterocycles. The minimum absolute atomic E-state index is 0.0995. The van der Waals surface area contributed by atoms with Gasteiger partial charge in [0.2, 0.25) is 17.7 Å². The van der Waals surface area contributed by atoms with E-state index in [2.05, 4.69) is 10.3 Å². The fourth-order valence-electron chi connectivity index (χ4n) is 5.87. The maximum absolute atomic E-state index is 14.3. The Labute approximate surface area is 256 Å². The maximum atomic E-state index is 14.3. The third-order valence-corrected chi connectivity index (χ3v) is 8.79. The number of H-pyrrole nitrogens is 1. The Balaban J connectivity index is 1.45. The second-order valence-electron chi connectivity index (χ2n) is 10.7. The van der Waals surface area contributed by atoms with E-state index in [1.54, 1.807) is 12.1 Å². The smallest absolute Gasteiger partial charge is 0.322 e. The topological polar surface area (TPSA) is 169 Å². The number of urea groups is 1. The molecule has 3 aromatic rings. The second-order valence-corrected chi connectivity index (χ2v) is 11.5. The Morgan fingerprint density at radius 3 is 2.53 bits per heavy atom. The SMILES string of the molecule is CN(C(=O)C1CCCN1C(=O)C1Cc2c([nH]c3ccccc23)CN1C(=O)Nc1ccc(Cl)c(Cl)c1)C(CC(=O)O)C(N)=O. The van der Waals surface area contributed by atoms with Gasteiger partial charge in [0, 0.05) is 42.3 Å². The van der Waals surface area contributed by atoms with Crippen molar-refractivity contribution in [3.8, 4) is 0 Å². The number of anilines is 1. The van der Waals surface area contributed by atoms with Crippen LogP contribution in [-0.4, -0.2) is 86.2 Å². The summed E-state index contributed by atoms with van der Waals surface area (Å²) >= 11 is 12.2. The summed E-state index contributed by atoms with van der Waals surface area (Å²) in [5.74, 6) is -3.27. The van der Waals surface area contributed by atoms with Gasteiger partial charge >= 0.3 is 12.0 Å². The van der Waals surface area contributed by atoms with Gasteiger partial charge in [-0.15, -0.1) is 0 Å². The predicted molar refractivity (Wildman–Crippen MR) is 160 cm³/mol. The van der Waals surface area contributed by atoms with Crippen LogP contribution >= 0.6 is 23.2 Å². The average molecular weight is 630 g/mol. The van der Waals surface area contributed by atoms with Gasteiger partial charge in [-0.25, -0.2) is 4.79 Å². The van der Waals surface area contributed by atoms with Gasteiger partial charge in [-0.05, 0) is 42.7 Å². The average Bonchev–Trinajstić information content (AvgIpc) is 3.60. The lowest BCUT2D eigenvalue weighted by Gasteiger charge is -2.38. The highest BCUT2D eigenvalue weighted by atomic mass is 35.5. The summed E-state index contributed by atoms with van der Waals surface area (Å²) in [5, 5.41) is 13.5. The molecule has 2 aliphatic heterocycles. The van der Waals surface area contributed by atoms with Gasteiger partial charge in [0.15, 0.2) is 0 Å². The number of aliphatic carboxylic acids is 1. The van der Waals surface area contributed by atoms with Crippen LogP contribution in [0.25, 0.3) is 10.9 Å². The van der Waals surface area contributed by atoms with Crippen LogP contribution in [-0.2, 0) is 32.1 Å². The van der Waals surface area contributed by atoms with Crippen molar-refractivity contribution in [3.05, 3.63) is 63.8 Å². The molecule has 0 aliphatic carbocycles. The van der Waals surface area contributed by atoms with Crippen molar-refractivity contribution >= 4 is 69.5 Å². The third-order valence-electron chi connectivity index (χ3n) is 8.05. The number of primary amides is 1. The standard InChI is InChI=1S/C29H30Cl2N6O6/c1-35(23(26(32)40)13-25(38)39)27(41)22-7-4-10-36(22)28(42)24-12-17-16-5-2-3-6-20(16)34-21(17)14-37(24)29(43)33-15-8-9-18(30)19(31)11-15/h2-3,5-6,8-9,11,22-24,34H,4,7,10,12-14H2,1H3,(H2,32,40)(H,33,43)(H,38,39). The van der Waals surface area contributed by atoms with Gasteiger partial charge in [0.1, 0.15) is 18.1 Å². The Bertz CT molecular complexity index is 1630. The molecule has 1 saturated heterocycles. The van der Waals surface area contributed by atoms with E-state index in [9.17, 15) is 29.1 Å². The van der Waals surface area contributed by atoms with Crippen LogP contribution in [0, 0.1) is 0 Å². The Morgan fingerprint density at radius 2 is 1.84 bits per heavy atom. The van der Waals surface area contributed by atoms with Crippen LogP contribution in [0.15, 0.2) is 42.5 Å². The summed E-state index contributed by atoms with van der Waals surface area (Å²) in [6, 6.07) is 8.48. The molecule has 0 spiro atoms. The van der Waals surface area contributed by atoms with Crippen molar-refractivity contribution in [3.63, 3.8) is 0 Å². The van der Waals surface area contributed by atoms with Crippen molar-refractivity contribution in [1.29, 1.82) is 0 Å². The lowest BCUT2D eigenvalue weighted by molar-refractivity contribution is -0.150. The van der Waals surface area contributed by atoms with E-state index in [-0.39, 0.29) is 24.5 Å². The van der Waals surface area contributed by atoms with E-state index < -0.39 is 54.3 Å². The number of hydrogen-bond acceptors (Lipinski definition) is 5. The molecule has 5 rings (SSSR count). The molecule has 43 heavy (non-hydrogen) atoms. The van der Waals surface area contributed by atoms with Crippen LogP contribution in [0.2, 0.25) is 10.0 Å². The normalized spacial score (nSPS) is 18.7.